The van der Waals surface area contributed by atoms with Crippen molar-refractivity contribution < 1.29 is 9.47 Å². The third-order valence-corrected chi connectivity index (χ3v) is 5.43. The number of hydrogen-bond donors (Lipinski definition) is 0. The molecular weight excluding hydrogens is 282 g/mol. The Morgan fingerprint density at radius 1 is 0.952 bits per heavy atom. The van der Waals surface area contributed by atoms with Gasteiger partial charge >= 0.3 is 0 Å². The number of thioether (sulfide) groups is 1. The lowest BCUT2D eigenvalue weighted by molar-refractivity contribution is -0.0815. The van der Waals surface area contributed by atoms with Crippen LogP contribution in [0, 0.1) is 0 Å². The van der Waals surface area contributed by atoms with Crippen LogP contribution in [0.15, 0.2) is 30.3 Å². The first-order valence-corrected chi connectivity index (χ1v) is 9.07. The maximum Gasteiger partial charge on any atom is 0.246 e. The Labute approximate surface area is 132 Å². The smallest absolute Gasteiger partial charge is 0.246 e. The van der Waals surface area contributed by atoms with Crippen LogP contribution in [-0.2, 0) is 14.6 Å². The SMILES string of the molecule is c1ccc(C2(SCCN3CCCCCC3)OCCO2)cc1. The number of likely N-dealkylation sites (tertiary alicyclic amines) is 1. The third kappa shape index (κ3) is 4.01. The lowest BCUT2D eigenvalue weighted by Gasteiger charge is -2.28. The van der Waals surface area contributed by atoms with Crippen molar-refractivity contribution in [1.29, 1.82) is 0 Å². The number of hydrogen-bond acceptors (Lipinski definition) is 4. The molecule has 2 saturated heterocycles. The van der Waals surface area contributed by atoms with E-state index in [4.69, 9.17) is 9.47 Å². The van der Waals surface area contributed by atoms with Gasteiger partial charge in [0.1, 0.15) is 0 Å². The van der Waals surface area contributed by atoms with Gasteiger partial charge in [-0.25, -0.2) is 0 Å². The Balaban J connectivity index is 1.56. The molecule has 2 aliphatic heterocycles. The molecule has 2 fully saturated rings. The van der Waals surface area contributed by atoms with Crippen molar-refractivity contribution >= 4 is 11.8 Å². The summed E-state index contributed by atoms with van der Waals surface area (Å²) in [4.78, 5) is 2.59. The molecule has 0 aliphatic carbocycles. The number of rotatable bonds is 5. The molecular formula is C17H25NO2S. The second-order valence-electron chi connectivity index (χ2n) is 5.72. The minimum Gasteiger partial charge on any atom is -0.335 e. The lowest BCUT2D eigenvalue weighted by atomic mass is 10.2. The van der Waals surface area contributed by atoms with E-state index in [1.54, 1.807) is 11.8 Å². The van der Waals surface area contributed by atoms with Crippen LogP contribution in [0.4, 0.5) is 0 Å². The highest BCUT2D eigenvalue weighted by Gasteiger charge is 2.39. The van der Waals surface area contributed by atoms with Crippen molar-refractivity contribution in [2.75, 3.05) is 38.6 Å². The summed E-state index contributed by atoms with van der Waals surface area (Å²) in [5, 5.41) is -0.576. The van der Waals surface area contributed by atoms with E-state index in [0.29, 0.717) is 13.2 Å². The molecule has 0 bridgehead atoms. The van der Waals surface area contributed by atoms with Gasteiger partial charge in [0.15, 0.2) is 0 Å². The van der Waals surface area contributed by atoms with E-state index in [1.165, 1.54) is 38.8 Å². The zero-order valence-electron chi connectivity index (χ0n) is 12.6. The summed E-state index contributed by atoms with van der Waals surface area (Å²) in [6.07, 6.45) is 5.48. The molecule has 1 aromatic rings. The molecule has 0 saturated carbocycles. The average Bonchev–Trinajstić information content (AvgIpc) is 2.86. The van der Waals surface area contributed by atoms with E-state index in [9.17, 15) is 0 Å². The van der Waals surface area contributed by atoms with Gasteiger partial charge in [0.2, 0.25) is 5.12 Å². The number of nitrogens with zero attached hydrogens (tertiary/aromatic N) is 1. The Morgan fingerprint density at radius 2 is 1.62 bits per heavy atom. The van der Waals surface area contributed by atoms with Crippen molar-refractivity contribution in [1.82, 2.24) is 4.90 Å². The Bertz CT molecular complexity index is 412. The zero-order valence-corrected chi connectivity index (χ0v) is 13.4. The van der Waals surface area contributed by atoms with Gasteiger partial charge in [0, 0.05) is 17.9 Å². The zero-order chi connectivity index (χ0) is 14.4. The molecule has 0 aromatic heterocycles. The van der Waals surface area contributed by atoms with E-state index in [2.05, 4.69) is 29.2 Å². The van der Waals surface area contributed by atoms with Crippen molar-refractivity contribution in [2.45, 2.75) is 30.8 Å². The van der Waals surface area contributed by atoms with Crippen LogP contribution in [0.5, 0.6) is 0 Å². The first-order valence-electron chi connectivity index (χ1n) is 8.09. The molecule has 3 rings (SSSR count). The van der Waals surface area contributed by atoms with Crippen LogP contribution < -0.4 is 0 Å². The summed E-state index contributed by atoms with van der Waals surface area (Å²) in [7, 11) is 0. The number of ether oxygens (including phenoxy) is 2. The Hall–Kier alpha value is -0.550. The van der Waals surface area contributed by atoms with Crippen molar-refractivity contribution in [2.24, 2.45) is 0 Å². The summed E-state index contributed by atoms with van der Waals surface area (Å²) < 4.78 is 11.9. The standard InChI is InChI=1S/C17H25NO2S/c1-2-7-11-18(10-6-1)12-15-21-17(19-13-14-20-17)16-8-4-3-5-9-16/h3-5,8-9H,1-2,6-7,10-15H2. The summed E-state index contributed by atoms with van der Waals surface area (Å²) in [5.74, 6) is 1.05. The van der Waals surface area contributed by atoms with Gasteiger partial charge in [-0.15, -0.1) is 0 Å². The largest absolute Gasteiger partial charge is 0.335 e. The van der Waals surface area contributed by atoms with Crippen LogP contribution in [0.3, 0.4) is 0 Å². The van der Waals surface area contributed by atoms with Crippen LogP contribution in [-0.4, -0.2) is 43.5 Å². The van der Waals surface area contributed by atoms with Crippen molar-refractivity contribution in [3.63, 3.8) is 0 Å². The molecule has 0 radical (unpaired) electrons. The molecule has 0 unspecified atom stereocenters. The maximum atomic E-state index is 5.96. The fourth-order valence-electron chi connectivity index (χ4n) is 3.04. The second-order valence-corrected chi connectivity index (χ2v) is 6.96. The molecule has 116 valence electrons. The van der Waals surface area contributed by atoms with E-state index in [1.807, 2.05) is 6.07 Å². The molecule has 0 spiro atoms. The third-order valence-electron chi connectivity index (χ3n) is 4.19. The molecule has 0 N–H and O–H groups in total. The van der Waals surface area contributed by atoms with Gasteiger partial charge in [0.05, 0.1) is 13.2 Å². The van der Waals surface area contributed by atoms with Crippen molar-refractivity contribution in [3.05, 3.63) is 35.9 Å². The fourth-order valence-corrected chi connectivity index (χ4v) is 4.29. The summed E-state index contributed by atoms with van der Waals surface area (Å²) in [6.45, 7) is 5.00. The molecule has 2 heterocycles. The van der Waals surface area contributed by atoms with Crippen LogP contribution >= 0.6 is 11.8 Å². The van der Waals surface area contributed by atoms with E-state index < -0.39 is 5.12 Å². The molecule has 1 aromatic carbocycles. The molecule has 4 heteroatoms. The molecule has 3 nitrogen and oxygen atoms in total. The fraction of sp³-hybridized carbons (Fsp3) is 0.647. The van der Waals surface area contributed by atoms with Gasteiger partial charge in [0.25, 0.3) is 0 Å². The topological polar surface area (TPSA) is 21.7 Å². The van der Waals surface area contributed by atoms with Gasteiger partial charge in [-0.2, -0.15) is 0 Å². The minimum absolute atomic E-state index is 0.576. The highest BCUT2D eigenvalue weighted by atomic mass is 32.2. The molecule has 21 heavy (non-hydrogen) atoms. The summed E-state index contributed by atoms with van der Waals surface area (Å²) in [5.41, 5.74) is 1.13. The molecule has 0 atom stereocenters. The second kappa shape index (κ2) is 7.63. The Kier molecular flexibility index (Phi) is 5.58. The van der Waals surface area contributed by atoms with E-state index in [0.717, 1.165) is 17.9 Å². The van der Waals surface area contributed by atoms with E-state index in [-0.39, 0.29) is 0 Å². The Morgan fingerprint density at radius 3 is 2.29 bits per heavy atom. The maximum absolute atomic E-state index is 5.96. The first kappa shape index (κ1) is 15.3. The normalized spacial score (nSPS) is 23.0. The highest BCUT2D eigenvalue weighted by Crippen LogP contribution is 2.41. The first-order chi connectivity index (χ1) is 10.4. The molecule has 2 aliphatic rings. The van der Waals surface area contributed by atoms with Gasteiger partial charge in [-0.3, -0.25) is 0 Å². The van der Waals surface area contributed by atoms with Crippen LogP contribution in [0.2, 0.25) is 0 Å². The lowest BCUT2D eigenvalue weighted by Crippen LogP contribution is -2.30. The molecule has 0 amide bonds. The van der Waals surface area contributed by atoms with Gasteiger partial charge < -0.3 is 14.4 Å². The summed E-state index contributed by atoms with van der Waals surface area (Å²) >= 11 is 1.80. The average molecular weight is 307 g/mol. The van der Waals surface area contributed by atoms with Gasteiger partial charge in [-0.05, 0) is 25.9 Å². The number of benzene rings is 1. The van der Waals surface area contributed by atoms with Crippen LogP contribution in [0.25, 0.3) is 0 Å². The van der Waals surface area contributed by atoms with Gasteiger partial charge in [-0.1, -0.05) is 54.9 Å². The van der Waals surface area contributed by atoms with E-state index >= 15 is 0 Å². The predicted molar refractivity (Wildman–Crippen MR) is 87.4 cm³/mol. The quantitative estimate of drug-likeness (QED) is 0.830. The summed E-state index contributed by atoms with van der Waals surface area (Å²) in [6, 6.07) is 10.3. The monoisotopic (exact) mass is 307 g/mol. The predicted octanol–water partition coefficient (Wildman–Crippen LogP) is 3.45. The highest BCUT2D eigenvalue weighted by molar-refractivity contribution is 7.99. The van der Waals surface area contributed by atoms with Crippen molar-refractivity contribution in [3.8, 4) is 0 Å². The van der Waals surface area contributed by atoms with Crippen LogP contribution in [0.1, 0.15) is 31.2 Å². The minimum atomic E-state index is -0.576.